The molecule has 0 radical (unpaired) electrons. The Balaban J connectivity index is 2.19. The number of hydrogen-bond donors (Lipinski definition) is 2. The number of benzene rings is 2. The molecule has 25 heavy (non-hydrogen) atoms. The third-order valence-electron chi connectivity index (χ3n) is 3.98. The van der Waals surface area contributed by atoms with Gasteiger partial charge in [0.15, 0.2) is 0 Å². The van der Waals surface area contributed by atoms with Crippen molar-refractivity contribution in [3.05, 3.63) is 59.2 Å². The Hall–Kier alpha value is -2.82. The minimum absolute atomic E-state index is 0.0848. The molecular formula is C20H24N2O3. The molecule has 0 spiro atoms. The maximum atomic E-state index is 12.5. The molecule has 0 aliphatic carbocycles. The number of carbonyl (C=O) groups is 2. The van der Waals surface area contributed by atoms with E-state index < -0.39 is 0 Å². The lowest BCUT2D eigenvalue weighted by atomic mass is 10.1. The van der Waals surface area contributed by atoms with E-state index in [0.29, 0.717) is 22.6 Å². The summed E-state index contributed by atoms with van der Waals surface area (Å²) in [6.07, 6.45) is 0.846. The van der Waals surface area contributed by atoms with Crippen LogP contribution < -0.4 is 15.4 Å². The van der Waals surface area contributed by atoms with Crippen LogP contribution in [-0.2, 0) is 0 Å². The van der Waals surface area contributed by atoms with Gasteiger partial charge in [-0.05, 0) is 56.2 Å². The van der Waals surface area contributed by atoms with E-state index in [2.05, 4.69) is 10.6 Å². The average molecular weight is 340 g/mol. The number of anilines is 1. The number of hydrogen-bond acceptors (Lipinski definition) is 3. The molecule has 132 valence electrons. The quantitative estimate of drug-likeness (QED) is 0.841. The Morgan fingerprint density at radius 3 is 2.40 bits per heavy atom. The largest absolute Gasteiger partial charge is 0.495 e. The van der Waals surface area contributed by atoms with E-state index >= 15 is 0 Å². The second kappa shape index (κ2) is 8.33. The van der Waals surface area contributed by atoms with E-state index in [1.165, 1.54) is 0 Å². The lowest BCUT2D eigenvalue weighted by Gasteiger charge is -2.13. The van der Waals surface area contributed by atoms with E-state index in [9.17, 15) is 9.59 Å². The third-order valence-corrected chi connectivity index (χ3v) is 3.98. The first-order valence-electron chi connectivity index (χ1n) is 8.31. The van der Waals surface area contributed by atoms with Crippen molar-refractivity contribution in [2.45, 2.75) is 33.2 Å². The molecule has 2 N–H and O–H groups in total. The third kappa shape index (κ3) is 4.83. The lowest BCUT2D eigenvalue weighted by Crippen LogP contribution is -2.32. The topological polar surface area (TPSA) is 67.4 Å². The molecule has 0 aliphatic heterocycles. The Kier molecular flexibility index (Phi) is 6.17. The Labute approximate surface area is 148 Å². The molecule has 1 atom stereocenters. The number of methoxy groups -OCH3 is 1. The molecule has 0 bridgehead atoms. The predicted molar refractivity (Wildman–Crippen MR) is 99.3 cm³/mol. The standard InChI is InChI=1S/C20H24N2O3/c1-5-14(3)21-19(23)15-7-6-8-16(12-15)20(24)22-17-11-13(2)9-10-18(17)25-4/h6-12,14H,5H2,1-4H3,(H,21,23)(H,22,24). The molecule has 0 aliphatic rings. The lowest BCUT2D eigenvalue weighted by molar-refractivity contribution is 0.0939. The molecule has 0 saturated heterocycles. The van der Waals surface area contributed by atoms with E-state index in [0.717, 1.165) is 12.0 Å². The normalized spacial score (nSPS) is 11.5. The Bertz CT molecular complexity index is 771. The average Bonchev–Trinajstić information content (AvgIpc) is 2.61. The number of rotatable bonds is 6. The van der Waals surface area contributed by atoms with E-state index in [4.69, 9.17) is 4.74 Å². The summed E-state index contributed by atoms with van der Waals surface area (Å²) in [5.74, 6) is 0.115. The first kappa shape index (κ1) is 18.5. The first-order valence-corrected chi connectivity index (χ1v) is 8.31. The van der Waals surface area contributed by atoms with Crippen LogP contribution in [-0.4, -0.2) is 25.0 Å². The van der Waals surface area contributed by atoms with Gasteiger partial charge in [-0.25, -0.2) is 0 Å². The Morgan fingerprint density at radius 1 is 1.08 bits per heavy atom. The van der Waals surface area contributed by atoms with Crippen LogP contribution in [0.25, 0.3) is 0 Å². The molecule has 0 saturated carbocycles. The van der Waals surface area contributed by atoms with Gasteiger partial charge >= 0.3 is 0 Å². The fourth-order valence-electron chi connectivity index (χ4n) is 2.32. The smallest absolute Gasteiger partial charge is 0.255 e. The highest BCUT2D eigenvalue weighted by Crippen LogP contribution is 2.25. The van der Waals surface area contributed by atoms with Gasteiger partial charge in [0.2, 0.25) is 0 Å². The van der Waals surface area contributed by atoms with Crippen LogP contribution in [0.15, 0.2) is 42.5 Å². The van der Waals surface area contributed by atoms with Crippen LogP contribution in [0.5, 0.6) is 5.75 Å². The molecular weight excluding hydrogens is 316 g/mol. The zero-order chi connectivity index (χ0) is 18.4. The highest BCUT2D eigenvalue weighted by molar-refractivity contribution is 6.06. The molecule has 2 amide bonds. The summed E-state index contributed by atoms with van der Waals surface area (Å²) in [5.41, 5.74) is 2.49. The second-order valence-corrected chi connectivity index (χ2v) is 6.02. The van der Waals surface area contributed by atoms with Crippen LogP contribution in [0.3, 0.4) is 0 Å². The van der Waals surface area contributed by atoms with Crippen LogP contribution in [0.4, 0.5) is 5.69 Å². The van der Waals surface area contributed by atoms with Crippen LogP contribution in [0, 0.1) is 6.92 Å². The van der Waals surface area contributed by atoms with Gasteiger partial charge in [-0.1, -0.05) is 19.1 Å². The van der Waals surface area contributed by atoms with Crippen LogP contribution >= 0.6 is 0 Å². The fraction of sp³-hybridized carbons (Fsp3) is 0.300. The molecule has 2 aromatic rings. The molecule has 0 heterocycles. The highest BCUT2D eigenvalue weighted by Gasteiger charge is 2.13. The van der Waals surface area contributed by atoms with Crippen LogP contribution in [0.1, 0.15) is 46.5 Å². The number of aryl methyl sites for hydroxylation is 1. The second-order valence-electron chi connectivity index (χ2n) is 6.02. The predicted octanol–water partition coefficient (Wildman–Crippen LogP) is 3.78. The van der Waals surface area contributed by atoms with Gasteiger partial charge in [0.25, 0.3) is 11.8 Å². The minimum atomic E-state index is -0.290. The van der Waals surface area contributed by atoms with Gasteiger partial charge in [-0.15, -0.1) is 0 Å². The molecule has 0 fully saturated rings. The van der Waals surface area contributed by atoms with Gasteiger partial charge in [-0.3, -0.25) is 9.59 Å². The first-order chi connectivity index (χ1) is 11.9. The van der Waals surface area contributed by atoms with E-state index in [1.54, 1.807) is 37.4 Å². The van der Waals surface area contributed by atoms with Gasteiger partial charge in [-0.2, -0.15) is 0 Å². The molecule has 5 nitrogen and oxygen atoms in total. The van der Waals surface area contributed by atoms with Crippen molar-refractivity contribution in [2.24, 2.45) is 0 Å². The fourth-order valence-corrected chi connectivity index (χ4v) is 2.32. The van der Waals surface area contributed by atoms with Crippen molar-refractivity contribution in [1.82, 2.24) is 5.32 Å². The van der Waals surface area contributed by atoms with Gasteiger partial charge in [0.1, 0.15) is 5.75 Å². The zero-order valence-corrected chi connectivity index (χ0v) is 15.1. The molecule has 2 rings (SSSR count). The highest BCUT2D eigenvalue weighted by atomic mass is 16.5. The minimum Gasteiger partial charge on any atom is -0.495 e. The molecule has 5 heteroatoms. The number of amides is 2. The summed E-state index contributed by atoms with van der Waals surface area (Å²) in [6.45, 7) is 5.89. The van der Waals surface area contributed by atoms with Gasteiger partial charge in [0, 0.05) is 17.2 Å². The summed E-state index contributed by atoms with van der Waals surface area (Å²) in [5, 5.41) is 5.74. The number of ether oxygens (including phenoxy) is 1. The molecule has 0 aromatic heterocycles. The molecule has 2 aromatic carbocycles. The molecule has 1 unspecified atom stereocenters. The summed E-state index contributed by atoms with van der Waals surface area (Å²) >= 11 is 0. The maximum absolute atomic E-state index is 12.5. The van der Waals surface area contributed by atoms with E-state index in [-0.39, 0.29) is 17.9 Å². The summed E-state index contributed by atoms with van der Waals surface area (Å²) in [6, 6.07) is 12.3. The summed E-state index contributed by atoms with van der Waals surface area (Å²) in [4.78, 5) is 24.8. The zero-order valence-electron chi connectivity index (χ0n) is 15.1. The Morgan fingerprint density at radius 2 is 1.76 bits per heavy atom. The van der Waals surface area contributed by atoms with E-state index in [1.807, 2.05) is 32.9 Å². The monoisotopic (exact) mass is 340 g/mol. The SMILES string of the molecule is CCC(C)NC(=O)c1cccc(C(=O)Nc2cc(C)ccc2OC)c1. The summed E-state index contributed by atoms with van der Waals surface area (Å²) in [7, 11) is 1.56. The van der Waals surface area contributed by atoms with Crippen LogP contribution in [0.2, 0.25) is 0 Å². The number of carbonyl (C=O) groups excluding carboxylic acids is 2. The summed E-state index contributed by atoms with van der Waals surface area (Å²) < 4.78 is 5.28. The van der Waals surface area contributed by atoms with Crippen molar-refractivity contribution in [2.75, 3.05) is 12.4 Å². The van der Waals surface area contributed by atoms with Crippen molar-refractivity contribution in [3.8, 4) is 5.75 Å². The van der Waals surface area contributed by atoms with Crippen molar-refractivity contribution in [3.63, 3.8) is 0 Å². The number of nitrogens with one attached hydrogen (secondary N) is 2. The van der Waals surface area contributed by atoms with Gasteiger partial charge < -0.3 is 15.4 Å². The maximum Gasteiger partial charge on any atom is 0.255 e. The van der Waals surface area contributed by atoms with Crippen molar-refractivity contribution in [1.29, 1.82) is 0 Å². The van der Waals surface area contributed by atoms with Crippen molar-refractivity contribution >= 4 is 17.5 Å². The van der Waals surface area contributed by atoms with Gasteiger partial charge in [0.05, 0.1) is 12.8 Å². The van der Waals surface area contributed by atoms with Crippen molar-refractivity contribution < 1.29 is 14.3 Å².